The average Bonchev–Trinajstić information content (AvgIpc) is 2.90. The second-order valence-electron chi connectivity index (χ2n) is 5.65. The van der Waals surface area contributed by atoms with E-state index in [0.29, 0.717) is 12.5 Å². The molecule has 104 valence electrons. The average molecular weight is 267 g/mol. The van der Waals surface area contributed by atoms with Crippen LogP contribution in [0.1, 0.15) is 36.6 Å². The third-order valence-corrected chi connectivity index (χ3v) is 3.88. The van der Waals surface area contributed by atoms with Crippen molar-refractivity contribution in [2.75, 3.05) is 11.4 Å². The van der Waals surface area contributed by atoms with Crippen molar-refractivity contribution in [2.24, 2.45) is 5.73 Å². The van der Waals surface area contributed by atoms with E-state index < -0.39 is 0 Å². The summed E-state index contributed by atoms with van der Waals surface area (Å²) in [6.07, 6.45) is 1.09. The zero-order valence-electron chi connectivity index (χ0n) is 12.1. The molecule has 0 spiro atoms. The van der Waals surface area contributed by atoms with E-state index in [0.717, 1.165) is 30.0 Å². The smallest absolute Gasteiger partial charge is 0.133 e. The second-order valence-corrected chi connectivity index (χ2v) is 5.65. The molecule has 3 heteroatoms. The molecule has 1 aromatic carbocycles. The summed E-state index contributed by atoms with van der Waals surface area (Å²) in [7, 11) is 0. The van der Waals surface area contributed by atoms with Crippen molar-refractivity contribution in [3.8, 4) is 0 Å². The number of hydrogen-bond donors (Lipinski definition) is 1. The fourth-order valence-electron chi connectivity index (χ4n) is 2.72. The number of aromatic nitrogens is 1. The van der Waals surface area contributed by atoms with E-state index in [1.807, 2.05) is 0 Å². The predicted octanol–water partition coefficient (Wildman–Crippen LogP) is 3.36. The SMILES string of the molecule is CC(C)c1cc(CN)cc(N2CCc3ccccc32)n1. The molecule has 2 heterocycles. The minimum absolute atomic E-state index is 0.415. The van der Waals surface area contributed by atoms with E-state index in [-0.39, 0.29) is 0 Å². The van der Waals surface area contributed by atoms with Crippen LogP contribution in [-0.4, -0.2) is 11.5 Å². The maximum Gasteiger partial charge on any atom is 0.133 e. The molecule has 0 unspecified atom stereocenters. The number of hydrogen-bond acceptors (Lipinski definition) is 3. The molecule has 2 aromatic rings. The number of anilines is 2. The molecule has 0 saturated carbocycles. The molecule has 0 radical (unpaired) electrons. The van der Waals surface area contributed by atoms with Gasteiger partial charge < -0.3 is 10.6 Å². The van der Waals surface area contributed by atoms with E-state index in [9.17, 15) is 0 Å². The van der Waals surface area contributed by atoms with Crippen molar-refractivity contribution < 1.29 is 0 Å². The van der Waals surface area contributed by atoms with Crippen LogP contribution < -0.4 is 10.6 Å². The van der Waals surface area contributed by atoms with Crippen LogP contribution in [0.5, 0.6) is 0 Å². The molecule has 0 bridgehead atoms. The largest absolute Gasteiger partial charge is 0.326 e. The number of pyridine rings is 1. The summed E-state index contributed by atoms with van der Waals surface area (Å²) in [6, 6.07) is 12.8. The van der Waals surface area contributed by atoms with Gasteiger partial charge in [0, 0.05) is 24.5 Å². The Morgan fingerprint density at radius 2 is 2.05 bits per heavy atom. The summed E-state index contributed by atoms with van der Waals surface area (Å²) in [5, 5.41) is 0. The van der Waals surface area contributed by atoms with Gasteiger partial charge in [-0.2, -0.15) is 0 Å². The Labute approximate surface area is 120 Å². The van der Waals surface area contributed by atoms with Crippen molar-refractivity contribution >= 4 is 11.5 Å². The highest BCUT2D eigenvalue weighted by Crippen LogP contribution is 2.34. The van der Waals surface area contributed by atoms with Gasteiger partial charge in [0.05, 0.1) is 0 Å². The monoisotopic (exact) mass is 267 g/mol. The first-order valence-corrected chi connectivity index (χ1v) is 7.25. The topological polar surface area (TPSA) is 42.1 Å². The van der Waals surface area contributed by atoms with Crippen molar-refractivity contribution in [3.05, 3.63) is 53.2 Å². The highest BCUT2D eigenvalue weighted by atomic mass is 15.2. The maximum atomic E-state index is 5.83. The van der Waals surface area contributed by atoms with E-state index >= 15 is 0 Å². The van der Waals surface area contributed by atoms with Gasteiger partial charge in [-0.05, 0) is 41.7 Å². The molecule has 1 aliphatic rings. The van der Waals surface area contributed by atoms with Crippen LogP contribution in [0.25, 0.3) is 0 Å². The fourth-order valence-corrected chi connectivity index (χ4v) is 2.72. The molecule has 0 atom stereocenters. The quantitative estimate of drug-likeness (QED) is 0.927. The molecule has 2 N–H and O–H groups in total. The number of benzene rings is 1. The summed E-state index contributed by atoms with van der Waals surface area (Å²) in [5.74, 6) is 1.44. The third-order valence-electron chi connectivity index (χ3n) is 3.88. The molecule has 20 heavy (non-hydrogen) atoms. The standard InChI is InChI=1S/C17H21N3/c1-12(2)15-9-13(11-18)10-17(19-15)20-8-7-14-5-3-4-6-16(14)20/h3-6,9-10,12H,7-8,11,18H2,1-2H3. The van der Waals surface area contributed by atoms with Crippen LogP contribution in [0.3, 0.4) is 0 Å². The minimum Gasteiger partial charge on any atom is -0.326 e. The van der Waals surface area contributed by atoms with Crippen LogP contribution in [-0.2, 0) is 13.0 Å². The number of fused-ring (bicyclic) bond motifs is 1. The van der Waals surface area contributed by atoms with E-state index in [1.54, 1.807) is 0 Å². The first kappa shape index (κ1) is 13.1. The molecule has 3 nitrogen and oxygen atoms in total. The normalized spacial score (nSPS) is 13.9. The minimum atomic E-state index is 0.415. The predicted molar refractivity (Wildman–Crippen MR) is 83.4 cm³/mol. The van der Waals surface area contributed by atoms with Gasteiger partial charge in [0.15, 0.2) is 0 Å². The lowest BCUT2D eigenvalue weighted by Gasteiger charge is -2.21. The van der Waals surface area contributed by atoms with Crippen LogP contribution in [0.4, 0.5) is 11.5 Å². The summed E-state index contributed by atoms with van der Waals surface area (Å²) in [6.45, 7) is 5.90. The van der Waals surface area contributed by atoms with Gasteiger partial charge in [0.1, 0.15) is 5.82 Å². The van der Waals surface area contributed by atoms with E-state index in [2.05, 4.69) is 55.1 Å². The lowest BCUT2D eigenvalue weighted by Crippen LogP contribution is -2.16. The van der Waals surface area contributed by atoms with Gasteiger partial charge in [0.25, 0.3) is 0 Å². The molecule has 0 aliphatic carbocycles. The Balaban J connectivity index is 2.05. The van der Waals surface area contributed by atoms with Gasteiger partial charge in [0.2, 0.25) is 0 Å². The first-order valence-electron chi connectivity index (χ1n) is 7.25. The second kappa shape index (κ2) is 5.25. The Morgan fingerprint density at radius 3 is 2.80 bits per heavy atom. The zero-order valence-corrected chi connectivity index (χ0v) is 12.1. The van der Waals surface area contributed by atoms with Crippen molar-refractivity contribution in [1.82, 2.24) is 4.98 Å². The Hall–Kier alpha value is -1.87. The summed E-state index contributed by atoms with van der Waals surface area (Å²) < 4.78 is 0. The zero-order chi connectivity index (χ0) is 14.1. The molecule has 0 saturated heterocycles. The number of nitrogens with two attached hydrogens (primary N) is 1. The molecular formula is C17H21N3. The van der Waals surface area contributed by atoms with Crippen molar-refractivity contribution in [3.63, 3.8) is 0 Å². The van der Waals surface area contributed by atoms with Gasteiger partial charge in [-0.15, -0.1) is 0 Å². The highest BCUT2D eigenvalue weighted by Gasteiger charge is 2.21. The first-order chi connectivity index (χ1) is 9.69. The lowest BCUT2D eigenvalue weighted by atomic mass is 10.1. The number of rotatable bonds is 3. The van der Waals surface area contributed by atoms with Crippen LogP contribution >= 0.6 is 0 Å². The number of para-hydroxylation sites is 1. The number of nitrogens with zero attached hydrogens (tertiary/aromatic N) is 2. The molecule has 1 aromatic heterocycles. The van der Waals surface area contributed by atoms with Crippen molar-refractivity contribution in [1.29, 1.82) is 0 Å². The van der Waals surface area contributed by atoms with Crippen molar-refractivity contribution in [2.45, 2.75) is 32.7 Å². The highest BCUT2D eigenvalue weighted by molar-refractivity contribution is 5.68. The molecule has 0 fully saturated rings. The molecule has 3 rings (SSSR count). The van der Waals surface area contributed by atoms with Crippen LogP contribution in [0, 0.1) is 0 Å². The molecule has 1 aliphatic heterocycles. The maximum absolute atomic E-state index is 5.83. The fraction of sp³-hybridized carbons (Fsp3) is 0.353. The Morgan fingerprint density at radius 1 is 1.25 bits per heavy atom. The van der Waals surface area contributed by atoms with Gasteiger partial charge in [-0.3, -0.25) is 0 Å². The molecule has 0 amide bonds. The molecular weight excluding hydrogens is 246 g/mol. The van der Waals surface area contributed by atoms with Gasteiger partial charge in [-0.25, -0.2) is 4.98 Å². The summed E-state index contributed by atoms with van der Waals surface area (Å²) >= 11 is 0. The summed E-state index contributed by atoms with van der Waals surface area (Å²) in [5.41, 5.74) is 10.8. The Kier molecular flexibility index (Phi) is 3.45. The lowest BCUT2D eigenvalue weighted by molar-refractivity contribution is 0.810. The van der Waals surface area contributed by atoms with Gasteiger partial charge in [-0.1, -0.05) is 32.0 Å². The third kappa shape index (κ3) is 2.29. The Bertz CT molecular complexity index is 619. The van der Waals surface area contributed by atoms with E-state index in [4.69, 9.17) is 10.7 Å². The summed E-state index contributed by atoms with van der Waals surface area (Å²) in [4.78, 5) is 7.14. The van der Waals surface area contributed by atoms with Crippen LogP contribution in [0.2, 0.25) is 0 Å². The van der Waals surface area contributed by atoms with Crippen LogP contribution in [0.15, 0.2) is 36.4 Å². The van der Waals surface area contributed by atoms with Gasteiger partial charge >= 0.3 is 0 Å². The van der Waals surface area contributed by atoms with E-state index in [1.165, 1.54) is 11.3 Å².